The van der Waals surface area contributed by atoms with E-state index in [1.807, 2.05) is 60.7 Å². The Balaban J connectivity index is 1.25. The molecule has 0 aromatic heterocycles. The van der Waals surface area contributed by atoms with E-state index >= 15 is 0 Å². The number of benzene rings is 3. The number of amides is 1. The van der Waals surface area contributed by atoms with Crippen LogP contribution in [0.3, 0.4) is 0 Å². The Morgan fingerprint density at radius 1 is 0.941 bits per heavy atom. The Morgan fingerprint density at radius 2 is 1.62 bits per heavy atom. The van der Waals surface area contributed by atoms with E-state index in [0.29, 0.717) is 12.1 Å². The van der Waals surface area contributed by atoms with Gasteiger partial charge in [-0.05, 0) is 66.7 Å². The third kappa shape index (κ3) is 6.18. The van der Waals surface area contributed by atoms with Crippen molar-refractivity contribution in [3.8, 4) is 0 Å². The third-order valence-electron chi connectivity index (χ3n) is 6.07. The number of hydrogen-bond acceptors (Lipinski definition) is 4. The quantitative estimate of drug-likeness (QED) is 0.499. The van der Waals surface area contributed by atoms with Gasteiger partial charge >= 0.3 is 0 Å². The van der Waals surface area contributed by atoms with Crippen molar-refractivity contribution in [1.29, 1.82) is 0 Å². The summed E-state index contributed by atoms with van der Waals surface area (Å²) < 4.78 is 13.9. The van der Waals surface area contributed by atoms with Crippen LogP contribution in [0.1, 0.15) is 28.4 Å². The number of carbonyl (C=O) groups excluding carboxylic acids is 1. The van der Waals surface area contributed by atoms with Crippen LogP contribution < -0.4 is 15.5 Å². The molecule has 176 valence electrons. The van der Waals surface area contributed by atoms with Crippen molar-refractivity contribution in [3.63, 3.8) is 0 Å². The van der Waals surface area contributed by atoms with Crippen molar-refractivity contribution >= 4 is 34.6 Å². The van der Waals surface area contributed by atoms with E-state index in [2.05, 4.69) is 27.4 Å². The maximum Gasteiger partial charge on any atom is 0.257 e. The molecule has 1 heterocycles. The van der Waals surface area contributed by atoms with Gasteiger partial charge in [-0.2, -0.15) is 0 Å². The molecule has 0 spiro atoms. The second-order valence-electron chi connectivity index (χ2n) is 8.36. The molecule has 1 saturated heterocycles. The first kappa shape index (κ1) is 23.9. The summed E-state index contributed by atoms with van der Waals surface area (Å²) in [6, 6.07) is 22.5. The molecule has 0 atom stereocenters. The molecule has 2 N–H and O–H groups in total. The fourth-order valence-corrected chi connectivity index (χ4v) is 4.23. The van der Waals surface area contributed by atoms with E-state index in [1.54, 1.807) is 6.07 Å². The molecule has 0 unspecified atom stereocenters. The number of carbonyl (C=O) groups is 1. The number of piperazine rings is 1. The molecule has 5 nitrogen and oxygen atoms in total. The Morgan fingerprint density at radius 3 is 2.26 bits per heavy atom. The predicted molar refractivity (Wildman–Crippen MR) is 140 cm³/mol. The third-order valence-corrected chi connectivity index (χ3v) is 6.27. The molecular weight excluding hydrogens is 447 g/mol. The van der Waals surface area contributed by atoms with E-state index < -0.39 is 0 Å². The minimum absolute atomic E-state index is 0.142. The lowest BCUT2D eigenvalue weighted by atomic mass is 10.1. The second-order valence-corrected chi connectivity index (χ2v) is 8.77. The van der Waals surface area contributed by atoms with Crippen LogP contribution in [0.15, 0.2) is 72.8 Å². The fourth-order valence-electron chi connectivity index (χ4n) is 4.02. The molecule has 0 radical (unpaired) electrons. The average Bonchev–Trinajstić information content (AvgIpc) is 2.86. The van der Waals surface area contributed by atoms with Crippen LogP contribution in [-0.2, 0) is 13.0 Å². The van der Waals surface area contributed by atoms with Crippen molar-refractivity contribution in [1.82, 2.24) is 10.2 Å². The van der Waals surface area contributed by atoms with Gasteiger partial charge in [0.25, 0.3) is 5.91 Å². The van der Waals surface area contributed by atoms with E-state index in [9.17, 15) is 9.18 Å². The van der Waals surface area contributed by atoms with E-state index in [4.69, 9.17) is 12.2 Å². The molecule has 4 rings (SSSR count). The molecule has 1 aliphatic heterocycles. The van der Waals surface area contributed by atoms with Crippen LogP contribution in [-0.4, -0.2) is 42.1 Å². The number of hydrogen-bond donors (Lipinski definition) is 2. The molecule has 34 heavy (non-hydrogen) atoms. The van der Waals surface area contributed by atoms with Crippen LogP contribution in [0.4, 0.5) is 15.8 Å². The predicted octanol–water partition coefficient (Wildman–Crippen LogP) is 4.84. The molecule has 0 aliphatic carbocycles. The monoisotopic (exact) mass is 476 g/mol. The lowest BCUT2D eigenvalue weighted by Gasteiger charge is -2.36. The number of nitrogens with zero attached hydrogens (tertiary/aromatic N) is 2. The smallest absolute Gasteiger partial charge is 0.257 e. The summed E-state index contributed by atoms with van der Waals surface area (Å²) in [6.45, 7) is 6.23. The highest BCUT2D eigenvalue weighted by molar-refractivity contribution is 7.80. The minimum atomic E-state index is -0.231. The number of nitrogens with one attached hydrogen (secondary N) is 2. The minimum Gasteiger partial charge on any atom is -0.369 e. The van der Waals surface area contributed by atoms with Crippen LogP contribution in [0.25, 0.3) is 0 Å². The molecule has 3 aromatic rings. The van der Waals surface area contributed by atoms with Crippen LogP contribution in [0.5, 0.6) is 0 Å². The van der Waals surface area contributed by atoms with Gasteiger partial charge in [-0.25, -0.2) is 4.39 Å². The van der Waals surface area contributed by atoms with Gasteiger partial charge in [0, 0.05) is 55.2 Å². The van der Waals surface area contributed by atoms with Crippen molar-refractivity contribution in [2.24, 2.45) is 0 Å². The van der Waals surface area contributed by atoms with Gasteiger partial charge in [0.2, 0.25) is 0 Å². The van der Waals surface area contributed by atoms with E-state index in [1.165, 1.54) is 11.6 Å². The molecule has 0 saturated carbocycles. The van der Waals surface area contributed by atoms with Crippen LogP contribution >= 0.6 is 12.2 Å². The highest BCUT2D eigenvalue weighted by Gasteiger charge is 2.18. The summed E-state index contributed by atoms with van der Waals surface area (Å²) in [4.78, 5) is 17.0. The molecule has 1 amide bonds. The molecule has 1 fully saturated rings. The standard InChI is InChI=1S/C27H29FN4OS/c1-2-20-7-9-21(10-8-20)26(33)30-27(34)29-23-11-13-24(14-12-23)32-17-15-31(16-18-32)19-22-5-3-4-6-25(22)28/h3-14H,2,15-19H2,1H3,(H2,29,30,33,34). The molecular formula is C27H29FN4OS. The van der Waals surface area contributed by atoms with Gasteiger partial charge in [-0.3, -0.25) is 15.0 Å². The summed E-state index contributed by atoms with van der Waals surface area (Å²) in [5, 5.41) is 6.06. The number of thiocarbonyl (C=S) groups is 1. The van der Waals surface area contributed by atoms with Crippen LogP contribution in [0.2, 0.25) is 0 Å². The Kier molecular flexibility index (Phi) is 7.87. The zero-order valence-corrected chi connectivity index (χ0v) is 20.1. The molecule has 7 heteroatoms. The molecule has 1 aliphatic rings. The molecule has 3 aromatic carbocycles. The highest BCUT2D eigenvalue weighted by atomic mass is 32.1. The normalized spacial score (nSPS) is 14.0. The maximum absolute atomic E-state index is 13.9. The van der Waals surface area contributed by atoms with Gasteiger partial charge in [-0.1, -0.05) is 37.3 Å². The Hall–Kier alpha value is -3.29. The zero-order chi connectivity index (χ0) is 23.9. The number of halogens is 1. The van der Waals surface area contributed by atoms with E-state index in [-0.39, 0.29) is 16.8 Å². The van der Waals surface area contributed by atoms with Crippen molar-refractivity contribution in [2.75, 3.05) is 36.4 Å². The first-order valence-electron chi connectivity index (χ1n) is 11.5. The average molecular weight is 477 g/mol. The van der Waals surface area contributed by atoms with Crippen molar-refractivity contribution < 1.29 is 9.18 Å². The summed E-state index contributed by atoms with van der Waals surface area (Å²) >= 11 is 5.31. The summed E-state index contributed by atoms with van der Waals surface area (Å²) in [6.07, 6.45) is 0.932. The Bertz CT molecular complexity index is 1130. The fraction of sp³-hybridized carbons (Fsp3) is 0.259. The van der Waals surface area contributed by atoms with E-state index in [0.717, 1.165) is 49.5 Å². The highest BCUT2D eigenvalue weighted by Crippen LogP contribution is 2.20. The SMILES string of the molecule is CCc1ccc(C(=O)NC(=S)Nc2ccc(N3CCN(Cc4ccccc4F)CC3)cc2)cc1. The first-order chi connectivity index (χ1) is 16.5. The summed E-state index contributed by atoms with van der Waals surface area (Å²) in [5.41, 5.74) is 4.44. The van der Waals surface area contributed by atoms with Gasteiger partial charge < -0.3 is 10.2 Å². The topological polar surface area (TPSA) is 47.6 Å². The van der Waals surface area contributed by atoms with Gasteiger partial charge in [0.05, 0.1) is 0 Å². The number of anilines is 2. The largest absolute Gasteiger partial charge is 0.369 e. The van der Waals surface area contributed by atoms with Crippen LogP contribution in [0, 0.1) is 5.82 Å². The maximum atomic E-state index is 13.9. The Labute approximate surface area is 205 Å². The summed E-state index contributed by atoms with van der Waals surface area (Å²) in [5.74, 6) is -0.374. The van der Waals surface area contributed by atoms with Gasteiger partial charge in [0.1, 0.15) is 5.82 Å². The lowest BCUT2D eigenvalue weighted by Crippen LogP contribution is -2.46. The zero-order valence-electron chi connectivity index (χ0n) is 19.3. The lowest BCUT2D eigenvalue weighted by molar-refractivity contribution is 0.0977. The number of rotatable bonds is 6. The van der Waals surface area contributed by atoms with Crippen molar-refractivity contribution in [3.05, 3.63) is 95.3 Å². The summed E-state index contributed by atoms with van der Waals surface area (Å²) in [7, 11) is 0. The first-order valence-corrected chi connectivity index (χ1v) is 11.9. The number of aryl methyl sites for hydroxylation is 1. The van der Waals surface area contributed by atoms with Gasteiger partial charge in [-0.15, -0.1) is 0 Å². The second kappa shape index (κ2) is 11.2. The van der Waals surface area contributed by atoms with Crippen molar-refractivity contribution in [2.45, 2.75) is 19.9 Å². The van der Waals surface area contributed by atoms with Gasteiger partial charge in [0.15, 0.2) is 5.11 Å². The molecule has 0 bridgehead atoms.